The van der Waals surface area contributed by atoms with Crippen molar-refractivity contribution in [3.63, 3.8) is 0 Å². The Labute approximate surface area is 136 Å². The largest absolute Gasteiger partial charge is 0.468 e. The van der Waals surface area contributed by atoms with E-state index in [2.05, 4.69) is 11.7 Å². The number of carbonyl (C=O) groups is 1. The number of benzene rings is 1. The second-order valence-corrected chi connectivity index (χ2v) is 6.86. The molecule has 0 saturated heterocycles. The molecule has 0 aliphatic heterocycles. The predicted octanol–water partition coefficient (Wildman–Crippen LogP) is 2.83. The van der Waals surface area contributed by atoms with Gasteiger partial charge in [-0.1, -0.05) is 28.9 Å². The van der Waals surface area contributed by atoms with Crippen LogP contribution in [0.1, 0.15) is 25.8 Å². The zero-order valence-corrected chi connectivity index (χ0v) is 14.5. The molecule has 7 heteroatoms. The first-order valence-electron chi connectivity index (χ1n) is 6.92. The van der Waals surface area contributed by atoms with Crippen molar-refractivity contribution in [3.8, 4) is 0 Å². The van der Waals surface area contributed by atoms with E-state index in [0.717, 1.165) is 5.56 Å². The Balaban J connectivity index is 3.07. The first-order chi connectivity index (χ1) is 10.7. The molecule has 0 bridgehead atoms. The highest BCUT2D eigenvalue weighted by molar-refractivity contribution is 7.86. The highest BCUT2D eigenvalue weighted by atomic mass is 32.2. The topological polar surface area (TPSA) is 82.0 Å². The van der Waals surface area contributed by atoms with E-state index in [9.17, 15) is 13.2 Å². The van der Waals surface area contributed by atoms with E-state index < -0.39 is 21.5 Å². The number of aryl methyl sites for hydroxylation is 1. The molecule has 126 valence electrons. The molecular formula is C16H21NO5S. The van der Waals surface area contributed by atoms with Gasteiger partial charge in [0.25, 0.3) is 0 Å². The Morgan fingerprint density at radius 1 is 1.35 bits per heavy atom. The van der Waals surface area contributed by atoms with Crippen molar-refractivity contribution in [1.82, 2.24) is 0 Å². The highest BCUT2D eigenvalue weighted by Crippen LogP contribution is 2.26. The van der Waals surface area contributed by atoms with Crippen LogP contribution in [0, 0.1) is 12.3 Å². The minimum Gasteiger partial charge on any atom is -0.468 e. The highest BCUT2D eigenvalue weighted by Gasteiger charge is 2.37. The number of esters is 1. The fourth-order valence-electron chi connectivity index (χ4n) is 1.85. The number of hydrogen-bond acceptors (Lipinski definition) is 6. The van der Waals surface area contributed by atoms with Gasteiger partial charge in [0.15, 0.2) is 0 Å². The zero-order valence-electron chi connectivity index (χ0n) is 13.7. The van der Waals surface area contributed by atoms with Gasteiger partial charge in [-0.05, 0) is 39.3 Å². The number of carbonyl (C=O) groups excluding carboxylic acids is 1. The van der Waals surface area contributed by atoms with Crippen LogP contribution >= 0.6 is 0 Å². The van der Waals surface area contributed by atoms with E-state index in [1.807, 2.05) is 6.92 Å². The molecular weight excluding hydrogens is 318 g/mol. The summed E-state index contributed by atoms with van der Waals surface area (Å²) >= 11 is 0. The first-order valence-corrected chi connectivity index (χ1v) is 8.33. The molecule has 1 rings (SSSR count). The maximum absolute atomic E-state index is 12.1. The second-order valence-electron chi connectivity index (χ2n) is 5.33. The predicted molar refractivity (Wildman–Crippen MR) is 87.5 cm³/mol. The van der Waals surface area contributed by atoms with E-state index in [-0.39, 0.29) is 17.0 Å². The molecule has 0 aliphatic carbocycles. The van der Waals surface area contributed by atoms with Crippen LogP contribution in [0.2, 0.25) is 0 Å². The van der Waals surface area contributed by atoms with Crippen LogP contribution in [0.3, 0.4) is 0 Å². The van der Waals surface area contributed by atoms with E-state index in [1.54, 1.807) is 19.1 Å². The van der Waals surface area contributed by atoms with Gasteiger partial charge in [-0.15, -0.1) is 6.58 Å². The van der Waals surface area contributed by atoms with Gasteiger partial charge >= 0.3 is 16.1 Å². The van der Waals surface area contributed by atoms with Crippen LogP contribution in [-0.2, 0) is 23.9 Å². The van der Waals surface area contributed by atoms with Crippen molar-refractivity contribution in [2.75, 3.05) is 7.11 Å². The number of ether oxygens (including phenoxy) is 1. The Hall–Kier alpha value is -2.15. The Bertz CT molecular complexity index is 706. The molecule has 0 heterocycles. The molecule has 0 fully saturated rings. The molecule has 1 atom stereocenters. The van der Waals surface area contributed by atoms with Crippen LogP contribution in [0.5, 0.6) is 0 Å². The summed E-state index contributed by atoms with van der Waals surface area (Å²) in [5.74, 6) is -0.546. The molecule has 23 heavy (non-hydrogen) atoms. The van der Waals surface area contributed by atoms with Gasteiger partial charge in [-0.25, -0.2) is 0 Å². The Morgan fingerprint density at radius 2 is 1.91 bits per heavy atom. The summed E-state index contributed by atoms with van der Waals surface area (Å²) in [6, 6.07) is 6.17. The van der Waals surface area contributed by atoms with Gasteiger partial charge in [0.2, 0.25) is 0 Å². The van der Waals surface area contributed by atoms with Gasteiger partial charge < -0.3 is 4.74 Å². The average Bonchev–Trinajstić information content (AvgIpc) is 2.52. The zero-order chi connectivity index (χ0) is 17.7. The molecule has 0 N–H and O–H groups in total. The Kier molecular flexibility index (Phi) is 6.09. The monoisotopic (exact) mass is 339 g/mol. The van der Waals surface area contributed by atoms with Crippen molar-refractivity contribution in [3.05, 3.63) is 42.5 Å². The molecule has 0 saturated carbocycles. The quantitative estimate of drug-likeness (QED) is 0.330. The standard InChI is InChI=1S/C16H21NO5S/c1-6-11-16(4,15(18)21-5)13(3)17-22-23(19,20)14-9-7-12(2)8-10-14/h6-10H,1,11H2,2-5H3/b17-13+/t16-/m0/s1. The fraction of sp³-hybridized carbons (Fsp3) is 0.375. The van der Waals surface area contributed by atoms with E-state index >= 15 is 0 Å². The van der Waals surface area contributed by atoms with Crippen molar-refractivity contribution < 1.29 is 22.2 Å². The van der Waals surface area contributed by atoms with Crippen molar-refractivity contribution in [2.45, 2.75) is 32.1 Å². The van der Waals surface area contributed by atoms with Gasteiger partial charge in [-0.2, -0.15) is 8.42 Å². The summed E-state index contributed by atoms with van der Waals surface area (Å²) in [7, 11) is -2.79. The van der Waals surface area contributed by atoms with Crippen LogP contribution in [-0.4, -0.2) is 27.2 Å². The molecule has 1 aromatic carbocycles. The van der Waals surface area contributed by atoms with Gasteiger partial charge in [-0.3, -0.25) is 9.08 Å². The molecule has 0 unspecified atom stereocenters. The molecule has 0 radical (unpaired) electrons. The summed E-state index contributed by atoms with van der Waals surface area (Å²) in [5.41, 5.74) is -0.0351. The van der Waals surface area contributed by atoms with Crippen LogP contribution in [0.25, 0.3) is 0 Å². The second kappa shape index (κ2) is 7.41. The van der Waals surface area contributed by atoms with Gasteiger partial charge in [0.05, 0.1) is 12.8 Å². The SMILES string of the molecule is C=CC[C@](C)(C(=O)OC)/C(C)=N/OS(=O)(=O)c1ccc(C)cc1. The maximum Gasteiger partial charge on any atom is 0.358 e. The third kappa shape index (κ3) is 4.41. The maximum atomic E-state index is 12.1. The molecule has 0 amide bonds. The lowest BCUT2D eigenvalue weighted by Gasteiger charge is -2.24. The van der Waals surface area contributed by atoms with Crippen LogP contribution in [0.4, 0.5) is 0 Å². The third-order valence-electron chi connectivity index (χ3n) is 3.57. The van der Waals surface area contributed by atoms with Crippen molar-refractivity contribution in [2.24, 2.45) is 10.6 Å². The van der Waals surface area contributed by atoms with Crippen LogP contribution in [0.15, 0.2) is 47.0 Å². The number of oxime groups is 1. The summed E-state index contributed by atoms with van der Waals surface area (Å²) in [6.07, 6.45) is 1.77. The molecule has 0 aromatic heterocycles. The average molecular weight is 339 g/mol. The van der Waals surface area contributed by atoms with E-state index in [0.29, 0.717) is 0 Å². The van der Waals surface area contributed by atoms with E-state index in [1.165, 1.54) is 32.2 Å². The number of methoxy groups -OCH3 is 1. The molecule has 0 spiro atoms. The van der Waals surface area contributed by atoms with E-state index in [4.69, 9.17) is 9.02 Å². The first kappa shape index (κ1) is 18.9. The number of hydrogen-bond donors (Lipinski definition) is 0. The number of allylic oxidation sites excluding steroid dienone is 1. The van der Waals surface area contributed by atoms with Gasteiger partial charge in [0.1, 0.15) is 10.3 Å². The summed E-state index contributed by atoms with van der Waals surface area (Å²) < 4.78 is 33.7. The van der Waals surface area contributed by atoms with Crippen molar-refractivity contribution in [1.29, 1.82) is 0 Å². The minimum absolute atomic E-state index is 0.0110. The summed E-state index contributed by atoms with van der Waals surface area (Å²) in [4.78, 5) is 11.9. The minimum atomic E-state index is -4.05. The molecule has 0 aliphatic rings. The third-order valence-corrected chi connectivity index (χ3v) is 4.69. The number of rotatable bonds is 7. The summed E-state index contributed by atoms with van der Waals surface area (Å²) in [6.45, 7) is 8.52. The summed E-state index contributed by atoms with van der Waals surface area (Å²) in [5, 5.41) is 3.63. The smallest absolute Gasteiger partial charge is 0.358 e. The Morgan fingerprint density at radius 3 is 2.39 bits per heavy atom. The van der Waals surface area contributed by atoms with Crippen LogP contribution < -0.4 is 0 Å². The fourth-order valence-corrected chi connectivity index (χ4v) is 2.61. The normalized spacial score (nSPS) is 14.7. The lowest BCUT2D eigenvalue weighted by Crippen LogP contribution is -2.36. The lowest BCUT2D eigenvalue weighted by molar-refractivity contribution is -0.147. The molecule has 6 nitrogen and oxygen atoms in total. The van der Waals surface area contributed by atoms with Crippen molar-refractivity contribution >= 4 is 21.8 Å². The molecule has 1 aromatic rings. The lowest BCUT2D eigenvalue weighted by atomic mass is 9.82. The number of nitrogens with zero attached hydrogens (tertiary/aromatic N) is 1. The van der Waals surface area contributed by atoms with Gasteiger partial charge in [0, 0.05) is 0 Å².